The van der Waals surface area contributed by atoms with E-state index in [9.17, 15) is 9.59 Å². The van der Waals surface area contributed by atoms with Gasteiger partial charge in [0.25, 0.3) is 0 Å². The minimum atomic E-state index is -0.469. The lowest BCUT2D eigenvalue weighted by atomic mass is 9.91. The number of hydrogen-bond donors (Lipinski definition) is 1. The summed E-state index contributed by atoms with van der Waals surface area (Å²) in [6.07, 6.45) is 4.22. The van der Waals surface area contributed by atoms with E-state index in [1.54, 1.807) is 0 Å². The predicted octanol–water partition coefficient (Wildman–Crippen LogP) is 3.67. The van der Waals surface area contributed by atoms with E-state index in [1.807, 2.05) is 30.3 Å². The van der Waals surface area contributed by atoms with Crippen LogP contribution >= 0.6 is 11.6 Å². The second-order valence-electron chi connectivity index (χ2n) is 5.66. The van der Waals surface area contributed by atoms with Gasteiger partial charge in [0.2, 0.25) is 0 Å². The molecule has 1 fully saturated rings. The van der Waals surface area contributed by atoms with Crippen LogP contribution in [0.25, 0.3) is 0 Å². The largest absolute Gasteiger partial charge is 0.445 e. The van der Waals surface area contributed by atoms with Crippen molar-refractivity contribution in [1.82, 2.24) is 5.32 Å². The van der Waals surface area contributed by atoms with Crippen LogP contribution in [0.5, 0.6) is 0 Å². The highest BCUT2D eigenvalue weighted by molar-refractivity contribution is 6.28. The molecule has 0 radical (unpaired) electrons. The molecule has 22 heavy (non-hydrogen) atoms. The highest BCUT2D eigenvalue weighted by Crippen LogP contribution is 2.25. The summed E-state index contributed by atoms with van der Waals surface area (Å²) >= 11 is 5.69. The van der Waals surface area contributed by atoms with Crippen molar-refractivity contribution in [1.29, 1.82) is 0 Å². The van der Waals surface area contributed by atoms with Crippen LogP contribution in [0, 0.1) is 5.92 Å². The Kier molecular flexibility index (Phi) is 6.72. The average molecular weight is 324 g/mol. The number of carbonyl (C=O) groups excluding carboxylic acids is 2. The molecule has 1 aliphatic rings. The number of alkyl halides is 1. The second kappa shape index (κ2) is 8.79. The Bertz CT molecular complexity index is 492. The summed E-state index contributed by atoms with van der Waals surface area (Å²) in [6.45, 7) is 0.230. The summed E-state index contributed by atoms with van der Waals surface area (Å²) < 4.78 is 5.24. The molecule has 0 spiro atoms. The van der Waals surface area contributed by atoms with E-state index in [-0.39, 0.29) is 30.2 Å². The Balaban J connectivity index is 1.88. The minimum absolute atomic E-state index is 0.00189. The summed E-state index contributed by atoms with van der Waals surface area (Å²) in [5, 5.41) is 2.85. The van der Waals surface area contributed by atoms with E-state index in [2.05, 4.69) is 5.32 Å². The van der Waals surface area contributed by atoms with E-state index in [0.29, 0.717) is 0 Å². The molecule has 1 amide bonds. The number of ether oxygens (including phenoxy) is 1. The molecule has 0 saturated heterocycles. The van der Waals surface area contributed by atoms with E-state index in [0.717, 1.165) is 37.7 Å². The first-order valence-electron chi connectivity index (χ1n) is 7.76. The van der Waals surface area contributed by atoms with Crippen LogP contribution in [-0.4, -0.2) is 23.8 Å². The molecule has 4 nitrogen and oxygen atoms in total. The maximum absolute atomic E-state index is 12.0. The molecule has 1 aromatic carbocycles. The average Bonchev–Trinajstić information content (AvgIpc) is 2.78. The van der Waals surface area contributed by atoms with Crippen molar-refractivity contribution in [3.05, 3.63) is 35.9 Å². The first-order valence-corrected chi connectivity index (χ1v) is 8.30. The molecule has 2 atom stereocenters. The molecule has 0 aliphatic heterocycles. The smallest absolute Gasteiger partial charge is 0.407 e. The molecule has 2 unspecified atom stereocenters. The zero-order valence-electron chi connectivity index (χ0n) is 12.6. The number of hydrogen-bond acceptors (Lipinski definition) is 3. The van der Waals surface area contributed by atoms with Crippen molar-refractivity contribution in [2.75, 3.05) is 5.88 Å². The maximum Gasteiger partial charge on any atom is 0.407 e. The van der Waals surface area contributed by atoms with Crippen molar-refractivity contribution in [3.8, 4) is 0 Å². The van der Waals surface area contributed by atoms with Gasteiger partial charge in [-0.1, -0.05) is 49.6 Å². The number of benzene rings is 1. The predicted molar refractivity (Wildman–Crippen MR) is 85.9 cm³/mol. The maximum atomic E-state index is 12.0. The quantitative estimate of drug-likeness (QED) is 0.664. The lowest BCUT2D eigenvalue weighted by molar-refractivity contribution is -0.121. The van der Waals surface area contributed by atoms with Crippen LogP contribution in [0.2, 0.25) is 0 Å². The molecule has 0 bridgehead atoms. The Morgan fingerprint density at radius 2 is 1.86 bits per heavy atom. The van der Waals surface area contributed by atoms with Gasteiger partial charge in [-0.25, -0.2) is 4.79 Å². The number of nitrogens with one attached hydrogen (secondary N) is 1. The van der Waals surface area contributed by atoms with Gasteiger partial charge in [0.15, 0.2) is 5.78 Å². The third kappa shape index (κ3) is 5.02. The summed E-state index contributed by atoms with van der Waals surface area (Å²) in [6, 6.07) is 9.35. The fourth-order valence-corrected chi connectivity index (χ4v) is 3.08. The van der Waals surface area contributed by atoms with Crippen LogP contribution < -0.4 is 5.32 Å². The van der Waals surface area contributed by atoms with E-state index in [1.165, 1.54) is 0 Å². The van der Waals surface area contributed by atoms with Gasteiger partial charge in [-0.05, 0) is 18.4 Å². The number of ketones is 1. The van der Waals surface area contributed by atoms with Crippen molar-refractivity contribution in [3.63, 3.8) is 0 Å². The monoisotopic (exact) mass is 323 g/mol. The van der Waals surface area contributed by atoms with Gasteiger partial charge in [-0.2, -0.15) is 0 Å². The van der Waals surface area contributed by atoms with Crippen molar-refractivity contribution < 1.29 is 14.3 Å². The zero-order chi connectivity index (χ0) is 15.8. The topological polar surface area (TPSA) is 55.4 Å². The first-order chi connectivity index (χ1) is 10.7. The molecule has 1 N–H and O–H groups in total. The van der Waals surface area contributed by atoms with Crippen LogP contribution in [-0.2, 0) is 16.1 Å². The van der Waals surface area contributed by atoms with Crippen LogP contribution in [0.4, 0.5) is 4.79 Å². The lowest BCUT2D eigenvalue weighted by Crippen LogP contribution is -2.43. The summed E-state index contributed by atoms with van der Waals surface area (Å²) in [4.78, 5) is 23.9. The van der Waals surface area contributed by atoms with Crippen molar-refractivity contribution >= 4 is 23.5 Å². The molecule has 1 saturated carbocycles. The number of Topliss-reactive ketones (excluding diaryl/α,β-unsaturated/α-hetero) is 1. The fourth-order valence-electron chi connectivity index (χ4n) is 2.88. The lowest BCUT2D eigenvalue weighted by Gasteiger charge is -2.24. The first kappa shape index (κ1) is 16.8. The third-order valence-electron chi connectivity index (χ3n) is 4.08. The summed E-state index contributed by atoms with van der Waals surface area (Å²) in [5.74, 6) is -0.178. The number of rotatable bonds is 5. The van der Waals surface area contributed by atoms with Gasteiger partial charge in [-0.3, -0.25) is 4.79 Å². The Morgan fingerprint density at radius 3 is 2.59 bits per heavy atom. The molecule has 120 valence electrons. The molecule has 0 aromatic heterocycles. The zero-order valence-corrected chi connectivity index (χ0v) is 13.3. The molecule has 2 rings (SSSR count). The Labute approximate surface area is 136 Å². The van der Waals surface area contributed by atoms with Gasteiger partial charge in [0.05, 0.1) is 5.88 Å². The van der Waals surface area contributed by atoms with E-state index in [4.69, 9.17) is 16.3 Å². The molecular formula is C17H22ClNO3. The molecule has 5 heteroatoms. The van der Waals surface area contributed by atoms with Gasteiger partial charge < -0.3 is 10.1 Å². The normalized spacial score (nSPS) is 21.7. The van der Waals surface area contributed by atoms with Gasteiger partial charge in [-0.15, -0.1) is 11.6 Å². The molecule has 1 aromatic rings. The van der Waals surface area contributed by atoms with Gasteiger partial charge in [0.1, 0.15) is 6.61 Å². The number of halogens is 1. The standard InChI is InChI=1S/C17H22ClNO3/c18-11-16(20)14-9-5-2-6-10-15(14)19-17(21)22-12-13-7-3-1-4-8-13/h1,3-4,7-8,14-15H,2,5-6,9-12H2,(H,19,21). The summed E-state index contributed by atoms with van der Waals surface area (Å²) in [5.41, 5.74) is 0.937. The SMILES string of the molecule is O=C(NC1CCCCCC1C(=O)CCl)OCc1ccccc1. The third-order valence-corrected chi connectivity index (χ3v) is 4.34. The fraction of sp³-hybridized carbons (Fsp3) is 0.529. The number of alkyl carbamates (subject to hydrolysis) is 1. The molecule has 0 heterocycles. The van der Waals surface area contributed by atoms with Crippen LogP contribution in [0.3, 0.4) is 0 Å². The minimum Gasteiger partial charge on any atom is -0.445 e. The number of carbonyl (C=O) groups is 2. The van der Waals surface area contributed by atoms with E-state index >= 15 is 0 Å². The van der Waals surface area contributed by atoms with Crippen LogP contribution in [0.1, 0.15) is 37.7 Å². The van der Waals surface area contributed by atoms with E-state index < -0.39 is 6.09 Å². The Morgan fingerprint density at radius 1 is 1.14 bits per heavy atom. The van der Waals surface area contributed by atoms with Gasteiger partial charge >= 0.3 is 6.09 Å². The van der Waals surface area contributed by atoms with Gasteiger partial charge in [0, 0.05) is 12.0 Å². The molecule has 1 aliphatic carbocycles. The molecular weight excluding hydrogens is 302 g/mol. The highest BCUT2D eigenvalue weighted by atomic mass is 35.5. The Hall–Kier alpha value is -1.55. The second-order valence-corrected chi connectivity index (χ2v) is 5.92. The van der Waals surface area contributed by atoms with Crippen LogP contribution in [0.15, 0.2) is 30.3 Å². The summed E-state index contributed by atoms with van der Waals surface area (Å²) in [7, 11) is 0. The number of amides is 1. The highest BCUT2D eigenvalue weighted by Gasteiger charge is 2.30. The van der Waals surface area contributed by atoms with Crippen molar-refractivity contribution in [2.45, 2.75) is 44.8 Å². The van der Waals surface area contributed by atoms with Crippen molar-refractivity contribution in [2.24, 2.45) is 5.92 Å².